The highest BCUT2D eigenvalue weighted by Gasteiger charge is 2.48. The number of hydrogen-bond donors (Lipinski definition) is 2. The first-order valence-corrected chi connectivity index (χ1v) is 12.5. The largest absolute Gasteiger partial charge is 0.342 e. The molecule has 3 aromatic rings. The molecule has 2 aromatic heterocycles. The summed E-state index contributed by atoms with van der Waals surface area (Å²) in [6.45, 7) is 2.41. The van der Waals surface area contributed by atoms with Gasteiger partial charge in [-0.15, -0.1) is 0 Å². The van der Waals surface area contributed by atoms with E-state index in [1.807, 2.05) is 41.2 Å². The zero-order valence-electron chi connectivity index (χ0n) is 18.2. The lowest BCUT2D eigenvalue weighted by atomic mass is 9.99. The number of nitrogens with zero attached hydrogens (tertiary/aromatic N) is 2. The average molecular weight is 449 g/mol. The van der Waals surface area contributed by atoms with Crippen molar-refractivity contribution < 1.29 is 23.5 Å². The zero-order chi connectivity index (χ0) is 22.6. The molecule has 1 aromatic carbocycles. The van der Waals surface area contributed by atoms with Crippen LogP contribution in [-0.2, 0) is 17.5 Å². The Bertz CT molecular complexity index is 1180. The summed E-state index contributed by atoms with van der Waals surface area (Å²) < 4.78 is 16.2. The molecule has 0 saturated heterocycles. The lowest BCUT2D eigenvalue weighted by Gasteiger charge is -2.28. The van der Waals surface area contributed by atoms with E-state index in [2.05, 4.69) is 60.3 Å². The molecule has 0 saturated carbocycles. The van der Waals surface area contributed by atoms with Crippen LogP contribution in [0.5, 0.6) is 0 Å². The topological polar surface area (TPSA) is 65.3 Å². The minimum atomic E-state index is -4.31. The van der Waals surface area contributed by atoms with E-state index < -0.39 is 12.8 Å². The van der Waals surface area contributed by atoms with Gasteiger partial charge in [0, 0.05) is 36.4 Å². The van der Waals surface area contributed by atoms with Crippen molar-refractivity contribution in [1.82, 2.24) is 0 Å². The summed E-state index contributed by atoms with van der Waals surface area (Å²) in [5.74, 6) is 0. The van der Waals surface area contributed by atoms with Crippen LogP contribution in [0.1, 0.15) is 25.3 Å². The van der Waals surface area contributed by atoms with Crippen LogP contribution in [0.4, 0.5) is 0 Å². The molecule has 0 aliphatic heterocycles. The van der Waals surface area contributed by atoms with Gasteiger partial charge in [-0.1, -0.05) is 49.8 Å². The van der Waals surface area contributed by atoms with Crippen LogP contribution < -0.4 is 9.13 Å². The molecule has 5 nitrogen and oxygen atoms in total. The van der Waals surface area contributed by atoms with Crippen molar-refractivity contribution in [3.05, 3.63) is 103 Å². The van der Waals surface area contributed by atoms with Gasteiger partial charge >= 0.3 is 7.60 Å². The standard InChI is InChI=1S/C26H27N2O3P/c1-2-7-22-8-6-9-25(20-22)28-18-12-24(13-19-28)23-10-16-27(17-11-23)21-26(32(29,30)31)14-4-3-5-15-26/h3-6,8-14,16-20H,2,7,15,21H2,1H3/p+2. The average Bonchev–Trinajstić information content (AvgIpc) is 2.80. The molecule has 32 heavy (non-hydrogen) atoms. The van der Waals surface area contributed by atoms with Gasteiger partial charge in [0.25, 0.3) is 0 Å². The number of hydrogen-bond acceptors (Lipinski definition) is 1. The van der Waals surface area contributed by atoms with E-state index in [1.165, 1.54) is 5.56 Å². The molecule has 1 aliphatic carbocycles. The summed E-state index contributed by atoms with van der Waals surface area (Å²) in [7, 11) is -4.31. The van der Waals surface area contributed by atoms with Crippen LogP contribution >= 0.6 is 7.60 Å². The predicted molar refractivity (Wildman–Crippen MR) is 125 cm³/mol. The summed E-state index contributed by atoms with van der Waals surface area (Å²) in [5, 5.41) is -1.20. The number of aryl methyl sites for hydroxylation is 1. The second-order valence-corrected chi connectivity index (χ2v) is 10.3. The first kappa shape index (κ1) is 22.3. The molecule has 0 amide bonds. The van der Waals surface area contributed by atoms with Gasteiger partial charge < -0.3 is 9.79 Å². The van der Waals surface area contributed by atoms with Gasteiger partial charge in [-0.3, -0.25) is 4.57 Å². The fourth-order valence-electron chi connectivity index (χ4n) is 4.10. The molecule has 6 heteroatoms. The SMILES string of the molecule is CCCc1cccc(-[n+]2ccc(-c3cc[n+](CC4(P(=O)(O)O)C=CC=CC4)cc3)cc2)c1. The minimum Gasteiger partial charge on any atom is -0.324 e. The van der Waals surface area contributed by atoms with E-state index in [-0.39, 0.29) is 6.54 Å². The highest BCUT2D eigenvalue weighted by atomic mass is 31.2. The van der Waals surface area contributed by atoms with E-state index in [4.69, 9.17) is 0 Å². The Morgan fingerprint density at radius 1 is 0.969 bits per heavy atom. The molecule has 1 atom stereocenters. The Hall–Kier alpha value is -2.85. The van der Waals surface area contributed by atoms with Crippen molar-refractivity contribution in [2.75, 3.05) is 0 Å². The van der Waals surface area contributed by atoms with Crippen molar-refractivity contribution in [2.45, 2.75) is 37.9 Å². The Kier molecular flexibility index (Phi) is 6.52. The smallest absolute Gasteiger partial charge is 0.324 e. The molecule has 2 N–H and O–H groups in total. The molecule has 0 fully saturated rings. The van der Waals surface area contributed by atoms with Gasteiger partial charge in [0.2, 0.25) is 5.69 Å². The van der Waals surface area contributed by atoms with Gasteiger partial charge in [0.05, 0.1) is 0 Å². The summed E-state index contributed by atoms with van der Waals surface area (Å²) in [5.41, 5.74) is 4.62. The maximum atomic E-state index is 12.2. The second-order valence-electron chi connectivity index (χ2n) is 8.31. The van der Waals surface area contributed by atoms with Gasteiger partial charge in [0.1, 0.15) is 0 Å². The van der Waals surface area contributed by atoms with E-state index in [0.29, 0.717) is 6.42 Å². The maximum absolute atomic E-state index is 12.2. The highest BCUT2D eigenvalue weighted by Crippen LogP contribution is 2.54. The van der Waals surface area contributed by atoms with Crippen LogP contribution in [0.15, 0.2) is 97.6 Å². The van der Waals surface area contributed by atoms with Crippen LogP contribution in [0.25, 0.3) is 16.8 Å². The molecule has 0 spiro atoms. The predicted octanol–water partition coefficient (Wildman–Crippen LogP) is 4.30. The molecule has 0 bridgehead atoms. The lowest BCUT2D eigenvalue weighted by molar-refractivity contribution is -0.699. The van der Waals surface area contributed by atoms with Crippen molar-refractivity contribution in [1.29, 1.82) is 0 Å². The molecule has 1 unspecified atom stereocenters. The Morgan fingerprint density at radius 3 is 2.25 bits per heavy atom. The monoisotopic (exact) mass is 448 g/mol. The van der Waals surface area contributed by atoms with Crippen LogP contribution in [0.3, 0.4) is 0 Å². The third-order valence-electron chi connectivity index (χ3n) is 5.96. The zero-order valence-corrected chi connectivity index (χ0v) is 19.1. The van der Waals surface area contributed by atoms with E-state index in [1.54, 1.807) is 12.2 Å². The lowest BCUT2D eigenvalue weighted by Crippen LogP contribution is -2.46. The number of allylic oxidation sites excluding steroid dienone is 4. The first-order valence-electron chi connectivity index (χ1n) is 10.9. The maximum Gasteiger partial charge on any atom is 0.342 e. The van der Waals surface area contributed by atoms with Crippen molar-refractivity contribution in [3.63, 3.8) is 0 Å². The van der Waals surface area contributed by atoms with Gasteiger partial charge in [-0.05, 0) is 29.5 Å². The number of aromatic nitrogens is 2. The third kappa shape index (κ3) is 4.81. The quantitative estimate of drug-likeness (QED) is 0.418. The minimum absolute atomic E-state index is 0.223. The van der Waals surface area contributed by atoms with Crippen LogP contribution in [0, 0.1) is 0 Å². The second kappa shape index (κ2) is 9.33. The number of pyridine rings is 2. The summed E-state index contributed by atoms with van der Waals surface area (Å²) in [6, 6.07) is 16.7. The van der Waals surface area contributed by atoms with E-state index in [9.17, 15) is 14.4 Å². The molecular weight excluding hydrogens is 419 g/mol. The van der Waals surface area contributed by atoms with Crippen LogP contribution in [-0.4, -0.2) is 14.9 Å². The molecule has 0 radical (unpaired) electrons. The Balaban J connectivity index is 1.52. The summed E-state index contributed by atoms with van der Waals surface area (Å²) >= 11 is 0. The number of rotatable bonds is 7. The van der Waals surface area contributed by atoms with Gasteiger partial charge in [-0.2, -0.15) is 4.57 Å². The van der Waals surface area contributed by atoms with E-state index >= 15 is 0 Å². The first-order chi connectivity index (χ1) is 15.4. The Labute approximate surface area is 189 Å². The molecule has 164 valence electrons. The normalized spacial score (nSPS) is 18.1. The van der Waals surface area contributed by atoms with E-state index in [0.717, 1.165) is 29.7 Å². The fourth-order valence-corrected chi connectivity index (χ4v) is 5.07. The molecule has 2 heterocycles. The van der Waals surface area contributed by atoms with Gasteiger partial charge in [0.15, 0.2) is 36.5 Å². The number of benzene rings is 1. The molecular formula is C26H29N2O3P+2. The van der Waals surface area contributed by atoms with Crippen molar-refractivity contribution >= 4 is 7.60 Å². The molecule has 4 rings (SSSR count). The highest BCUT2D eigenvalue weighted by molar-refractivity contribution is 7.53. The van der Waals surface area contributed by atoms with Gasteiger partial charge in [-0.25, -0.2) is 4.57 Å². The van der Waals surface area contributed by atoms with Crippen molar-refractivity contribution in [3.8, 4) is 16.8 Å². The third-order valence-corrected chi connectivity index (χ3v) is 7.60. The van der Waals surface area contributed by atoms with Crippen molar-refractivity contribution in [2.24, 2.45) is 0 Å². The molecule has 1 aliphatic rings. The summed E-state index contributed by atoms with van der Waals surface area (Å²) in [4.78, 5) is 19.9. The Morgan fingerprint density at radius 2 is 1.66 bits per heavy atom. The van der Waals surface area contributed by atoms with Crippen LogP contribution in [0.2, 0.25) is 0 Å². The summed E-state index contributed by atoms with van der Waals surface area (Å²) in [6.07, 6.45) is 17.4. The fraction of sp³-hybridized carbons (Fsp3) is 0.231.